The van der Waals surface area contributed by atoms with Gasteiger partial charge in [-0.25, -0.2) is 4.79 Å². The number of likely N-dealkylation sites (tertiary alicyclic amines) is 1. The molecule has 5 nitrogen and oxygen atoms in total. The molecule has 1 aromatic heterocycles. The van der Waals surface area contributed by atoms with Crippen molar-refractivity contribution in [2.45, 2.75) is 78.2 Å². The molecule has 2 atom stereocenters. The standard InChI is InChI=1S/C18H31N3O2/c1-6-20-9-7-15(13-20)12-19-16-8-10-21(14(2)11-16)17(22)23-18(3,4)5/h7,9,13-14,16,19H,6,8,10-12H2,1-5H3. The van der Waals surface area contributed by atoms with Gasteiger partial charge in [0, 0.05) is 44.1 Å². The fraction of sp³-hybridized carbons (Fsp3) is 0.722. The second kappa shape index (κ2) is 7.39. The van der Waals surface area contributed by atoms with Crippen molar-refractivity contribution in [1.29, 1.82) is 0 Å². The molecule has 23 heavy (non-hydrogen) atoms. The molecule has 0 saturated carbocycles. The lowest BCUT2D eigenvalue weighted by Gasteiger charge is -2.38. The summed E-state index contributed by atoms with van der Waals surface area (Å²) in [6.07, 6.45) is 6.05. The minimum absolute atomic E-state index is 0.191. The molecule has 0 bridgehead atoms. The fourth-order valence-corrected chi connectivity index (χ4v) is 3.00. The first-order chi connectivity index (χ1) is 10.8. The molecule has 1 fully saturated rings. The largest absolute Gasteiger partial charge is 0.444 e. The summed E-state index contributed by atoms with van der Waals surface area (Å²) in [7, 11) is 0. The topological polar surface area (TPSA) is 46.5 Å². The number of carbonyl (C=O) groups excluding carboxylic acids is 1. The molecule has 1 aliphatic rings. The van der Waals surface area contributed by atoms with Crippen LogP contribution in [0.1, 0.15) is 53.0 Å². The molecule has 2 unspecified atom stereocenters. The average molecular weight is 321 g/mol. The number of piperidine rings is 1. The first-order valence-corrected chi connectivity index (χ1v) is 8.66. The van der Waals surface area contributed by atoms with E-state index >= 15 is 0 Å². The summed E-state index contributed by atoms with van der Waals surface area (Å²) in [5.74, 6) is 0. The lowest BCUT2D eigenvalue weighted by atomic mass is 9.98. The number of hydrogen-bond acceptors (Lipinski definition) is 3. The Morgan fingerprint density at radius 3 is 2.74 bits per heavy atom. The lowest BCUT2D eigenvalue weighted by Crippen LogP contribution is -2.50. The predicted molar refractivity (Wildman–Crippen MR) is 92.4 cm³/mol. The van der Waals surface area contributed by atoms with E-state index in [9.17, 15) is 4.79 Å². The molecule has 2 rings (SSSR count). The molecule has 1 amide bonds. The van der Waals surface area contributed by atoms with Gasteiger partial charge in [-0.15, -0.1) is 0 Å². The first-order valence-electron chi connectivity index (χ1n) is 8.66. The van der Waals surface area contributed by atoms with E-state index in [0.29, 0.717) is 6.04 Å². The number of amides is 1. The van der Waals surface area contributed by atoms with Gasteiger partial charge in [-0.1, -0.05) is 0 Å². The average Bonchev–Trinajstić information content (AvgIpc) is 2.91. The quantitative estimate of drug-likeness (QED) is 0.924. The third kappa shape index (κ3) is 5.27. The Hall–Kier alpha value is -1.49. The van der Waals surface area contributed by atoms with Crippen molar-refractivity contribution in [2.24, 2.45) is 0 Å². The van der Waals surface area contributed by atoms with Crippen molar-refractivity contribution in [2.75, 3.05) is 6.54 Å². The zero-order valence-electron chi connectivity index (χ0n) is 15.1. The number of rotatable bonds is 4. The number of carbonyl (C=O) groups is 1. The van der Waals surface area contributed by atoms with Crippen LogP contribution in [-0.4, -0.2) is 39.8 Å². The molecular weight excluding hydrogens is 290 g/mol. The zero-order valence-corrected chi connectivity index (χ0v) is 15.1. The van der Waals surface area contributed by atoms with Crippen molar-refractivity contribution in [3.05, 3.63) is 24.0 Å². The van der Waals surface area contributed by atoms with E-state index in [1.807, 2.05) is 25.7 Å². The van der Waals surface area contributed by atoms with Crippen LogP contribution in [0.25, 0.3) is 0 Å². The summed E-state index contributed by atoms with van der Waals surface area (Å²) in [5.41, 5.74) is 0.882. The maximum Gasteiger partial charge on any atom is 0.410 e. The van der Waals surface area contributed by atoms with Crippen molar-refractivity contribution in [1.82, 2.24) is 14.8 Å². The number of ether oxygens (including phenoxy) is 1. The van der Waals surface area contributed by atoms with Gasteiger partial charge >= 0.3 is 6.09 Å². The summed E-state index contributed by atoms with van der Waals surface area (Å²) < 4.78 is 7.68. The summed E-state index contributed by atoms with van der Waals surface area (Å²) in [5, 5.41) is 3.62. The van der Waals surface area contributed by atoms with Crippen molar-refractivity contribution in [3.63, 3.8) is 0 Å². The van der Waals surface area contributed by atoms with Crippen LogP contribution in [-0.2, 0) is 17.8 Å². The number of nitrogens with zero attached hydrogens (tertiary/aromatic N) is 2. The highest BCUT2D eigenvalue weighted by atomic mass is 16.6. The maximum absolute atomic E-state index is 12.2. The monoisotopic (exact) mass is 321 g/mol. The number of aromatic nitrogens is 1. The third-order valence-electron chi connectivity index (χ3n) is 4.28. The second-order valence-corrected chi connectivity index (χ2v) is 7.48. The molecule has 0 aromatic carbocycles. The van der Waals surface area contributed by atoms with Crippen molar-refractivity contribution in [3.8, 4) is 0 Å². The van der Waals surface area contributed by atoms with E-state index in [2.05, 4.69) is 42.2 Å². The van der Waals surface area contributed by atoms with Gasteiger partial charge in [0.15, 0.2) is 0 Å². The van der Waals surface area contributed by atoms with Gasteiger partial charge in [0.1, 0.15) is 5.60 Å². The van der Waals surface area contributed by atoms with Gasteiger partial charge in [0.05, 0.1) is 0 Å². The Balaban J connectivity index is 1.80. The third-order valence-corrected chi connectivity index (χ3v) is 4.28. The van der Waals surface area contributed by atoms with Crippen LogP contribution < -0.4 is 5.32 Å². The summed E-state index contributed by atoms with van der Waals surface area (Å²) in [4.78, 5) is 14.1. The highest BCUT2D eigenvalue weighted by molar-refractivity contribution is 5.68. The highest BCUT2D eigenvalue weighted by Gasteiger charge is 2.31. The van der Waals surface area contributed by atoms with Gasteiger partial charge in [-0.2, -0.15) is 0 Å². The van der Waals surface area contributed by atoms with E-state index in [1.165, 1.54) is 5.56 Å². The Morgan fingerprint density at radius 1 is 1.43 bits per heavy atom. The highest BCUT2D eigenvalue weighted by Crippen LogP contribution is 2.21. The molecule has 1 aromatic rings. The van der Waals surface area contributed by atoms with Crippen LogP contribution in [0.2, 0.25) is 0 Å². The number of aryl methyl sites for hydroxylation is 1. The van der Waals surface area contributed by atoms with Crippen LogP contribution in [0, 0.1) is 0 Å². The van der Waals surface area contributed by atoms with Crippen molar-refractivity contribution < 1.29 is 9.53 Å². The maximum atomic E-state index is 12.2. The smallest absolute Gasteiger partial charge is 0.410 e. The minimum atomic E-state index is -0.432. The number of nitrogens with one attached hydrogen (secondary N) is 1. The first kappa shape index (κ1) is 17.9. The lowest BCUT2D eigenvalue weighted by molar-refractivity contribution is 0.00932. The fourth-order valence-electron chi connectivity index (χ4n) is 3.00. The Kier molecular flexibility index (Phi) is 5.74. The molecule has 0 spiro atoms. The zero-order chi connectivity index (χ0) is 17.0. The van der Waals surface area contributed by atoms with Gasteiger partial charge in [-0.3, -0.25) is 0 Å². The van der Waals surface area contributed by atoms with E-state index in [0.717, 1.165) is 32.5 Å². The summed E-state index contributed by atoms with van der Waals surface area (Å²) >= 11 is 0. The molecule has 5 heteroatoms. The molecule has 0 aliphatic carbocycles. The molecule has 130 valence electrons. The van der Waals surface area contributed by atoms with E-state index in [-0.39, 0.29) is 12.1 Å². The molecule has 1 saturated heterocycles. The number of hydrogen-bond donors (Lipinski definition) is 1. The Labute approximate surface area is 140 Å². The van der Waals surface area contributed by atoms with Crippen LogP contribution in [0.4, 0.5) is 4.79 Å². The Morgan fingerprint density at radius 2 is 2.17 bits per heavy atom. The molecule has 2 heterocycles. The summed E-state index contributed by atoms with van der Waals surface area (Å²) in [6.45, 7) is 12.6. The van der Waals surface area contributed by atoms with Crippen LogP contribution in [0.15, 0.2) is 18.5 Å². The molecule has 1 N–H and O–H groups in total. The van der Waals surface area contributed by atoms with E-state index in [1.54, 1.807) is 0 Å². The molecular formula is C18H31N3O2. The van der Waals surface area contributed by atoms with Crippen LogP contribution in [0.5, 0.6) is 0 Å². The van der Waals surface area contributed by atoms with Crippen LogP contribution >= 0.6 is 0 Å². The second-order valence-electron chi connectivity index (χ2n) is 7.48. The summed E-state index contributed by atoms with van der Waals surface area (Å²) in [6, 6.07) is 2.82. The molecule has 0 radical (unpaired) electrons. The Bertz CT molecular complexity index is 519. The van der Waals surface area contributed by atoms with Crippen molar-refractivity contribution >= 4 is 6.09 Å². The van der Waals surface area contributed by atoms with E-state index < -0.39 is 5.60 Å². The van der Waals surface area contributed by atoms with Gasteiger partial charge in [0.25, 0.3) is 0 Å². The molecule has 1 aliphatic heterocycles. The normalized spacial score (nSPS) is 22.2. The predicted octanol–water partition coefficient (Wildman–Crippen LogP) is 3.39. The van der Waals surface area contributed by atoms with E-state index in [4.69, 9.17) is 4.74 Å². The van der Waals surface area contributed by atoms with Gasteiger partial charge in [-0.05, 0) is 59.1 Å². The van der Waals surface area contributed by atoms with Crippen LogP contribution in [0.3, 0.4) is 0 Å². The SMILES string of the molecule is CCn1ccc(CNC2CCN(C(=O)OC(C)(C)C)C(C)C2)c1. The van der Waals surface area contributed by atoms with Gasteiger partial charge in [0.2, 0.25) is 0 Å². The van der Waals surface area contributed by atoms with Gasteiger partial charge < -0.3 is 19.5 Å². The minimum Gasteiger partial charge on any atom is -0.444 e.